The Balaban J connectivity index is 1.41. The fourth-order valence-electron chi connectivity index (χ4n) is 3.48. The zero-order valence-corrected chi connectivity index (χ0v) is 17.7. The van der Waals surface area contributed by atoms with E-state index in [1.807, 2.05) is 15.5 Å². The minimum absolute atomic E-state index is 0.107. The molecule has 1 aliphatic heterocycles. The molecule has 11 nitrogen and oxygen atoms in total. The summed E-state index contributed by atoms with van der Waals surface area (Å²) in [7, 11) is -4.05. The van der Waals surface area contributed by atoms with E-state index in [-0.39, 0.29) is 17.5 Å². The number of hydrogen-bond acceptors (Lipinski definition) is 8. The first-order valence-electron chi connectivity index (χ1n) is 9.94. The summed E-state index contributed by atoms with van der Waals surface area (Å²) in [4.78, 5) is 22.4. The van der Waals surface area contributed by atoms with Crippen molar-refractivity contribution in [2.45, 2.75) is 25.5 Å². The molecule has 1 aliphatic rings. The largest absolute Gasteiger partial charge is 0.370 e. The molecule has 1 aromatic heterocycles. The molecule has 1 saturated heterocycles. The quantitative estimate of drug-likeness (QED) is 0.405. The molecule has 3 aromatic rings. The van der Waals surface area contributed by atoms with Gasteiger partial charge in [-0.3, -0.25) is 14.9 Å². The Bertz CT molecular complexity index is 1270. The van der Waals surface area contributed by atoms with Crippen LogP contribution in [-0.2, 0) is 14.8 Å². The molecule has 1 amide bonds. The second-order valence-electron chi connectivity index (χ2n) is 7.36. The van der Waals surface area contributed by atoms with Crippen molar-refractivity contribution in [1.82, 2.24) is 14.5 Å². The number of carbonyl (C=O) groups excluding carboxylic acids is 1. The van der Waals surface area contributed by atoms with Crippen LogP contribution in [0.25, 0.3) is 10.9 Å². The summed E-state index contributed by atoms with van der Waals surface area (Å²) in [5.41, 5.74) is 0.987. The van der Waals surface area contributed by atoms with Crippen LogP contribution in [0.4, 0.5) is 11.4 Å². The Morgan fingerprint density at radius 2 is 2.09 bits per heavy atom. The lowest BCUT2D eigenvalue weighted by Gasteiger charge is -2.23. The number of ether oxygens (including phenoxy) is 1. The number of anilines is 1. The smallest absolute Gasteiger partial charge is 0.270 e. The maximum absolute atomic E-state index is 12.3. The Hall–Kier alpha value is -3.51. The summed E-state index contributed by atoms with van der Waals surface area (Å²) in [5, 5.41) is 18.8. The summed E-state index contributed by atoms with van der Waals surface area (Å²) < 4.78 is 34.1. The number of hydrogen-bond donors (Lipinski definition) is 2. The number of nitro groups is 1. The van der Waals surface area contributed by atoms with E-state index in [1.54, 1.807) is 18.3 Å². The summed E-state index contributed by atoms with van der Waals surface area (Å²) in [6, 6.07) is 10.2. The van der Waals surface area contributed by atoms with Crippen LogP contribution < -0.4 is 10.0 Å². The van der Waals surface area contributed by atoms with Crippen LogP contribution in [0.2, 0.25) is 0 Å². The van der Waals surface area contributed by atoms with Crippen LogP contribution in [0.15, 0.2) is 48.7 Å². The topological polar surface area (TPSA) is 145 Å². The summed E-state index contributed by atoms with van der Waals surface area (Å²) in [6.45, 7) is 0.700. The van der Waals surface area contributed by atoms with Crippen molar-refractivity contribution in [3.05, 3.63) is 64.3 Å². The van der Waals surface area contributed by atoms with Crippen molar-refractivity contribution in [2.75, 3.05) is 17.8 Å². The zero-order valence-electron chi connectivity index (χ0n) is 16.9. The maximum Gasteiger partial charge on any atom is 0.270 e. The number of non-ortho nitro benzene ring substituents is 1. The van der Waals surface area contributed by atoms with E-state index < -0.39 is 26.7 Å². The molecule has 32 heavy (non-hydrogen) atoms. The number of carbonyl (C=O) groups is 1. The molecular formula is C20H21N5O6S. The van der Waals surface area contributed by atoms with Gasteiger partial charge < -0.3 is 10.1 Å². The highest BCUT2D eigenvalue weighted by atomic mass is 32.2. The Morgan fingerprint density at radius 1 is 1.25 bits per heavy atom. The molecule has 0 saturated carbocycles. The first-order valence-corrected chi connectivity index (χ1v) is 11.6. The number of rotatable bonds is 7. The van der Waals surface area contributed by atoms with Gasteiger partial charge in [0.1, 0.15) is 5.88 Å². The number of nitrogens with zero attached hydrogens (tertiary/aromatic N) is 3. The van der Waals surface area contributed by atoms with Crippen LogP contribution in [-0.4, -0.2) is 41.5 Å². The molecule has 0 aliphatic carbocycles. The number of aromatic nitrogens is 2. The molecule has 1 unspecified atom stereocenters. The van der Waals surface area contributed by atoms with E-state index >= 15 is 0 Å². The molecule has 1 atom stereocenters. The van der Waals surface area contributed by atoms with Gasteiger partial charge in [-0.1, -0.05) is 6.07 Å². The van der Waals surface area contributed by atoms with Gasteiger partial charge in [-0.05, 0) is 43.5 Å². The van der Waals surface area contributed by atoms with Crippen LogP contribution >= 0.6 is 0 Å². The lowest BCUT2D eigenvalue weighted by molar-refractivity contribution is -0.384. The third kappa shape index (κ3) is 4.86. The van der Waals surface area contributed by atoms with E-state index in [2.05, 4.69) is 10.4 Å². The summed E-state index contributed by atoms with van der Waals surface area (Å²) >= 11 is 0. The maximum atomic E-state index is 12.3. The van der Waals surface area contributed by atoms with Gasteiger partial charge in [0.2, 0.25) is 0 Å². The molecule has 0 bridgehead atoms. The average Bonchev–Trinajstić information content (AvgIpc) is 3.21. The molecule has 2 aromatic carbocycles. The van der Waals surface area contributed by atoms with Crippen molar-refractivity contribution in [3.8, 4) is 0 Å². The molecule has 1 fully saturated rings. The minimum Gasteiger partial charge on any atom is -0.370 e. The van der Waals surface area contributed by atoms with Gasteiger partial charge in [0.15, 0.2) is 6.23 Å². The number of benzene rings is 2. The van der Waals surface area contributed by atoms with Crippen LogP contribution in [0.3, 0.4) is 0 Å². The third-order valence-electron chi connectivity index (χ3n) is 5.06. The number of amides is 1. The summed E-state index contributed by atoms with van der Waals surface area (Å²) in [6.07, 6.45) is 4.59. The number of sulfonamides is 1. The molecule has 2 N–H and O–H groups in total. The SMILES string of the molecule is O=C(NS(=O)(=O)CNc1ccc2c(cnn2C2CCCCO2)c1)c1cccc([N+](=O)[O-])c1. The van der Waals surface area contributed by atoms with E-state index in [0.717, 1.165) is 36.2 Å². The van der Waals surface area contributed by atoms with Crippen LogP contribution in [0.1, 0.15) is 35.8 Å². The van der Waals surface area contributed by atoms with Gasteiger partial charge in [-0.25, -0.2) is 17.8 Å². The van der Waals surface area contributed by atoms with Gasteiger partial charge >= 0.3 is 0 Å². The van der Waals surface area contributed by atoms with Gasteiger partial charge in [0.25, 0.3) is 21.6 Å². The monoisotopic (exact) mass is 459 g/mol. The molecule has 12 heteroatoms. The Morgan fingerprint density at radius 3 is 2.84 bits per heavy atom. The lowest BCUT2D eigenvalue weighted by Crippen LogP contribution is -2.34. The van der Waals surface area contributed by atoms with Gasteiger partial charge in [0, 0.05) is 35.4 Å². The molecule has 4 rings (SSSR count). The highest BCUT2D eigenvalue weighted by Crippen LogP contribution is 2.27. The third-order valence-corrected chi connectivity index (χ3v) is 6.08. The predicted octanol–water partition coefficient (Wildman–Crippen LogP) is 2.77. The average molecular weight is 459 g/mol. The van der Waals surface area contributed by atoms with E-state index in [4.69, 9.17) is 4.74 Å². The van der Waals surface area contributed by atoms with Gasteiger partial charge in [-0.2, -0.15) is 5.10 Å². The van der Waals surface area contributed by atoms with Gasteiger partial charge in [-0.15, -0.1) is 0 Å². The molecule has 0 spiro atoms. The first kappa shape index (κ1) is 21.7. The van der Waals surface area contributed by atoms with Crippen molar-refractivity contribution >= 4 is 38.2 Å². The second kappa shape index (κ2) is 8.93. The normalized spacial score (nSPS) is 16.6. The molecule has 2 heterocycles. The lowest BCUT2D eigenvalue weighted by atomic mass is 10.2. The molecule has 168 valence electrons. The standard InChI is InChI=1S/C20H21N5O6S/c26-20(14-4-3-5-17(11-14)25(27)28)23-32(29,30)13-21-16-7-8-18-15(10-16)12-22-24(18)19-6-1-2-9-31-19/h3-5,7-8,10-12,19,21H,1-2,6,9,13H2,(H,23,26). The number of nitro benzene ring substituents is 1. The fraction of sp³-hybridized carbons (Fsp3) is 0.300. The van der Waals surface area contributed by atoms with Crippen molar-refractivity contribution in [3.63, 3.8) is 0 Å². The van der Waals surface area contributed by atoms with E-state index in [0.29, 0.717) is 12.3 Å². The van der Waals surface area contributed by atoms with Crippen LogP contribution in [0.5, 0.6) is 0 Å². The fourth-order valence-corrected chi connectivity index (χ4v) is 4.31. The Kier molecular flexibility index (Phi) is 6.06. The van der Waals surface area contributed by atoms with Gasteiger partial charge in [0.05, 0.1) is 16.6 Å². The van der Waals surface area contributed by atoms with E-state index in [9.17, 15) is 23.3 Å². The zero-order chi connectivity index (χ0) is 22.7. The van der Waals surface area contributed by atoms with Crippen LogP contribution in [0, 0.1) is 10.1 Å². The van der Waals surface area contributed by atoms with Crippen molar-refractivity contribution in [2.24, 2.45) is 0 Å². The number of fused-ring (bicyclic) bond motifs is 1. The minimum atomic E-state index is -4.05. The predicted molar refractivity (Wildman–Crippen MR) is 117 cm³/mol. The second-order valence-corrected chi connectivity index (χ2v) is 9.08. The van der Waals surface area contributed by atoms with Crippen molar-refractivity contribution < 1.29 is 22.9 Å². The number of nitrogens with one attached hydrogen (secondary N) is 2. The molecular weight excluding hydrogens is 438 g/mol. The van der Waals surface area contributed by atoms with Crippen molar-refractivity contribution in [1.29, 1.82) is 0 Å². The molecule has 0 radical (unpaired) electrons. The Labute approximate surface area is 183 Å². The summed E-state index contributed by atoms with van der Waals surface area (Å²) in [5.74, 6) is -1.50. The highest BCUT2D eigenvalue weighted by molar-refractivity contribution is 7.90. The first-order chi connectivity index (χ1) is 15.3. The highest BCUT2D eigenvalue weighted by Gasteiger charge is 2.20. The van der Waals surface area contributed by atoms with E-state index in [1.165, 1.54) is 18.2 Å².